The van der Waals surface area contributed by atoms with Crippen molar-refractivity contribution >= 4 is 61.4 Å². The van der Waals surface area contributed by atoms with E-state index in [1.54, 1.807) is 6.07 Å². The number of aromatic nitrogens is 1. The lowest BCUT2D eigenvalue weighted by molar-refractivity contribution is -0.133. The topological polar surface area (TPSA) is 97.5 Å². The second kappa shape index (κ2) is 17.9. The fraction of sp³-hybridized carbons (Fsp3) is 0.517. The van der Waals surface area contributed by atoms with Gasteiger partial charge in [0.2, 0.25) is 5.91 Å². The maximum Gasteiger partial charge on any atom is 0.305 e. The molecule has 1 aliphatic rings. The maximum absolute atomic E-state index is 13.3. The highest BCUT2D eigenvalue weighted by Gasteiger charge is 2.24. The number of thiazole rings is 1. The molecule has 0 unspecified atom stereocenters. The smallest absolute Gasteiger partial charge is 0.305 e. The number of rotatable bonds is 13. The number of carbonyl (C=O) groups is 1. The molecule has 1 fully saturated rings. The van der Waals surface area contributed by atoms with E-state index in [4.69, 9.17) is 0 Å². The lowest BCUT2D eigenvalue weighted by atomic mass is 10.1. The Hall–Kier alpha value is -1.72. The van der Waals surface area contributed by atoms with Gasteiger partial charge in [-0.05, 0) is 56.0 Å². The van der Waals surface area contributed by atoms with E-state index in [-0.39, 0.29) is 50.5 Å². The molecule has 2 aromatic carbocycles. The minimum Gasteiger partial charge on any atom is -0.506 e. The van der Waals surface area contributed by atoms with Crippen molar-refractivity contribution in [3.8, 4) is 5.75 Å². The number of phenols is 1. The van der Waals surface area contributed by atoms with Crippen molar-refractivity contribution in [1.29, 1.82) is 0 Å². The van der Waals surface area contributed by atoms with E-state index in [2.05, 4.69) is 44.8 Å². The number of amides is 1. The van der Waals surface area contributed by atoms with Crippen LogP contribution in [0.15, 0.2) is 47.3 Å². The van der Waals surface area contributed by atoms with Crippen molar-refractivity contribution in [2.45, 2.75) is 63.8 Å². The monoisotopic (exact) mass is 684 g/mol. The number of benzene rings is 2. The van der Waals surface area contributed by atoms with Gasteiger partial charge in [-0.1, -0.05) is 73.4 Å². The minimum atomic E-state index is -0.155. The summed E-state index contributed by atoms with van der Waals surface area (Å²) in [4.78, 5) is 29.7. The SMILES string of the molecule is Br.Br.O=C(CCNCCc1ccccc1)N(CCNCCc1ccc(O)c2[nH]c(=O)sc12)C1CCCCCC1. The largest absolute Gasteiger partial charge is 0.506 e. The third kappa shape index (κ3) is 10.3. The van der Waals surface area contributed by atoms with Gasteiger partial charge in [-0.3, -0.25) is 9.59 Å². The third-order valence-corrected chi connectivity index (χ3v) is 8.23. The Balaban J connectivity index is 0.00000267. The molecular formula is C29H42Br2N4O3S. The van der Waals surface area contributed by atoms with Crippen LogP contribution in [0.4, 0.5) is 0 Å². The number of aromatic amines is 1. The average molecular weight is 687 g/mol. The Morgan fingerprint density at radius 2 is 1.62 bits per heavy atom. The van der Waals surface area contributed by atoms with Crippen molar-refractivity contribution in [2.24, 2.45) is 0 Å². The van der Waals surface area contributed by atoms with Crippen LogP contribution in [0.5, 0.6) is 5.75 Å². The zero-order valence-corrected chi connectivity index (χ0v) is 26.7. The summed E-state index contributed by atoms with van der Waals surface area (Å²) in [6, 6.07) is 14.3. The molecule has 1 aliphatic carbocycles. The normalized spacial score (nSPS) is 13.8. The molecule has 10 heteroatoms. The number of nitrogens with zero attached hydrogens (tertiary/aromatic N) is 1. The minimum absolute atomic E-state index is 0. The van der Waals surface area contributed by atoms with Gasteiger partial charge in [0.05, 0.1) is 4.70 Å². The van der Waals surface area contributed by atoms with Gasteiger partial charge < -0.3 is 25.6 Å². The van der Waals surface area contributed by atoms with Crippen LogP contribution < -0.4 is 15.5 Å². The molecule has 0 spiro atoms. The van der Waals surface area contributed by atoms with Gasteiger partial charge >= 0.3 is 4.87 Å². The van der Waals surface area contributed by atoms with Crippen LogP contribution in [0.3, 0.4) is 0 Å². The second-order valence-corrected chi connectivity index (χ2v) is 10.9. The number of aromatic hydroxyl groups is 1. The number of phenolic OH excluding ortho intramolecular Hbond substituents is 1. The molecule has 1 heterocycles. The maximum atomic E-state index is 13.3. The molecule has 0 aliphatic heterocycles. The van der Waals surface area contributed by atoms with Gasteiger partial charge in [0.25, 0.3) is 0 Å². The predicted molar refractivity (Wildman–Crippen MR) is 172 cm³/mol. The molecule has 1 aromatic heterocycles. The van der Waals surface area contributed by atoms with Crippen LogP contribution in [0.2, 0.25) is 0 Å². The van der Waals surface area contributed by atoms with Crippen LogP contribution in [-0.2, 0) is 17.6 Å². The van der Waals surface area contributed by atoms with Gasteiger partial charge in [-0.25, -0.2) is 0 Å². The number of hydrogen-bond acceptors (Lipinski definition) is 6. The number of nitrogens with one attached hydrogen (secondary N) is 3. The van der Waals surface area contributed by atoms with Crippen molar-refractivity contribution < 1.29 is 9.90 Å². The molecule has 216 valence electrons. The van der Waals surface area contributed by atoms with Crippen LogP contribution in [0, 0.1) is 0 Å². The zero-order valence-electron chi connectivity index (χ0n) is 22.5. The first-order valence-electron chi connectivity index (χ1n) is 13.7. The van der Waals surface area contributed by atoms with E-state index < -0.39 is 0 Å². The Morgan fingerprint density at radius 1 is 0.923 bits per heavy atom. The lowest BCUT2D eigenvalue weighted by Crippen LogP contribution is -2.45. The van der Waals surface area contributed by atoms with E-state index >= 15 is 0 Å². The standard InChI is InChI=1S/C29H40N4O3S.2BrH/c34-25-13-12-23(28-27(25)32-29(36)37-28)15-18-31-20-21-33(24-10-6-1-2-7-11-24)26(35)16-19-30-17-14-22-8-4-3-5-9-22;;/h3-5,8-9,12-13,24,30-31,34H,1-2,6-7,10-11,14-21H2,(H,32,36);2*1H. The lowest BCUT2D eigenvalue weighted by Gasteiger charge is -2.32. The first kappa shape index (κ1) is 33.5. The summed E-state index contributed by atoms with van der Waals surface area (Å²) in [5.74, 6) is 0.357. The fourth-order valence-corrected chi connectivity index (χ4v) is 6.14. The molecule has 1 amide bonds. The highest BCUT2D eigenvalue weighted by Crippen LogP contribution is 2.28. The summed E-state index contributed by atoms with van der Waals surface area (Å²) >= 11 is 1.14. The van der Waals surface area contributed by atoms with Crippen molar-refractivity contribution in [2.75, 3.05) is 32.7 Å². The third-order valence-electron chi connectivity index (χ3n) is 7.27. The van der Waals surface area contributed by atoms with Crippen molar-refractivity contribution in [1.82, 2.24) is 20.5 Å². The van der Waals surface area contributed by atoms with Gasteiger partial charge in [-0.2, -0.15) is 0 Å². The van der Waals surface area contributed by atoms with Gasteiger partial charge in [0, 0.05) is 32.1 Å². The first-order chi connectivity index (χ1) is 18.1. The molecule has 7 nitrogen and oxygen atoms in total. The quantitative estimate of drug-likeness (QED) is 0.144. The zero-order chi connectivity index (χ0) is 25.9. The number of halogens is 2. The molecule has 4 rings (SSSR count). The Kier molecular flexibility index (Phi) is 15.3. The van der Waals surface area contributed by atoms with Gasteiger partial charge in [0.15, 0.2) is 0 Å². The highest BCUT2D eigenvalue weighted by molar-refractivity contribution is 8.93. The molecule has 0 bridgehead atoms. The highest BCUT2D eigenvalue weighted by atomic mass is 79.9. The van der Waals surface area contributed by atoms with Gasteiger partial charge in [-0.15, -0.1) is 34.0 Å². The summed E-state index contributed by atoms with van der Waals surface area (Å²) in [7, 11) is 0. The summed E-state index contributed by atoms with van der Waals surface area (Å²) in [5.41, 5.74) is 2.88. The Bertz CT molecular complexity index is 1180. The average Bonchev–Trinajstić information content (AvgIpc) is 3.12. The van der Waals surface area contributed by atoms with E-state index in [1.165, 1.54) is 31.2 Å². The Labute approximate surface area is 256 Å². The van der Waals surface area contributed by atoms with Crippen LogP contribution in [-0.4, -0.2) is 59.7 Å². The number of H-pyrrole nitrogens is 1. The number of carbonyl (C=O) groups excluding carboxylic acids is 1. The Morgan fingerprint density at radius 3 is 2.36 bits per heavy atom. The molecule has 1 saturated carbocycles. The van der Waals surface area contributed by atoms with Crippen LogP contribution >= 0.6 is 45.3 Å². The van der Waals surface area contributed by atoms with E-state index in [0.29, 0.717) is 24.5 Å². The summed E-state index contributed by atoms with van der Waals surface area (Å²) in [6.07, 6.45) is 9.40. The first-order valence-corrected chi connectivity index (χ1v) is 14.5. The van der Waals surface area contributed by atoms with Crippen molar-refractivity contribution in [3.63, 3.8) is 0 Å². The summed E-state index contributed by atoms with van der Waals surface area (Å²) in [5, 5.41) is 16.9. The molecule has 0 radical (unpaired) electrons. The van der Waals surface area contributed by atoms with E-state index in [1.807, 2.05) is 12.1 Å². The number of fused-ring (bicyclic) bond motifs is 1. The van der Waals surface area contributed by atoms with Crippen LogP contribution in [0.1, 0.15) is 56.1 Å². The molecule has 0 atom stereocenters. The molecule has 3 aromatic rings. The number of hydrogen-bond donors (Lipinski definition) is 4. The van der Waals surface area contributed by atoms with Crippen molar-refractivity contribution in [3.05, 3.63) is 63.3 Å². The van der Waals surface area contributed by atoms with E-state index in [0.717, 1.165) is 73.5 Å². The summed E-state index contributed by atoms with van der Waals surface area (Å²) in [6.45, 7) is 3.80. The predicted octanol–water partition coefficient (Wildman–Crippen LogP) is 5.36. The fourth-order valence-electron chi connectivity index (χ4n) is 5.24. The molecule has 4 N–H and O–H groups in total. The van der Waals surface area contributed by atoms with Crippen LogP contribution in [0.25, 0.3) is 10.2 Å². The molecule has 0 saturated heterocycles. The van der Waals surface area contributed by atoms with E-state index in [9.17, 15) is 14.7 Å². The second-order valence-electron chi connectivity index (χ2n) is 9.93. The molecular weight excluding hydrogens is 644 g/mol. The van der Waals surface area contributed by atoms with Gasteiger partial charge in [0.1, 0.15) is 11.3 Å². The summed E-state index contributed by atoms with van der Waals surface area (Å²) < 4.78 is 0.821. The molecule has 39 heavy (non-hydrogen) atoms.